The van der Waals surface area contributed by atoms with Crippen molar-refractivity contribution in [3.05, 3.63) is 83.1 Å². The SMILES string of the molecule is Cc1ccccc1C(C)NC(=O)COC(=O)c1ccc(-c2cccc(C(F)(F)F)c2)o1. The second-order valence-electron chi connectivity index (χ2n) is 6.96. The minimum Gasteiger partial charge on any atom is -0.450 e. The molecule has 31 heavy (non-hydrogen) atoms. The standard InChI is InChI=1S/C23H20F3NO4/c1-14-6-3-4-9-18(14)15(2)27-21(28)13-30-22(29)20-11-10-19(31-20)16-7-5-8-17(12-16)23(24,25)26/h3-12,15H,13H2,1-2H3,(H,27,28). The summed E-state index contributed by atoms with van der Waals surface area (Å²) in [7, 11) is 0. The van der Waals surface area contributed by atoms with Gasteiger partial charge in [-0.05, 0) is 49.2 Å². The molecule has 0 aliphatic rings. The fraction of sp³-hybridized carbons (Fsp3) is 0.217. The van der Waals surface area contributed by atoms with Crippen LogP contribution in [0.2, 0.25) is 0 Å². The number of carbonyl (C=O) groups excluding carboxylic acids is 2. The van der Waals surface area contributed by atoms with Crippen molar-refractivity contribution < 1.29 is 31.9 Å². The summed E-state index contributed by atoms with van der Waals surface area (Å²) >= 11 is 0. The highest BCUT2D eigenvalue weighted by Crippen LogP contribution is 2.32. The van der Waals surface area contributed by atoms with E-state index in [2.05, 4.69) is 5.32 Å². The zero-order valence-corrected chi connectivity index (χ0v) is 16.8. The smallest absolute Gasteiger partial charge is 0.416 e. The second-order valence-corrected chi connectivity index (χ2v) is 6.96. The van der Waals surface area contributed by atoms with Crippen LogP contribution in [0.25, 0.3) is 11.3 Å². The maximum atomic E-state index is 12.9. The molecule has 0 aliphatic carbocycles. The largest absolute Gasteiger partial charge is 0.450 e. The monoisotopic (exact) mass is 431 g/mol. The van der Waals surface area contributed by atoms with E-state index in [9.17, 15) is 22.8 Å². The third kappa shape index (κ3) is 5.53. The number of hydrogen-bond donors (Lipinski definition) is 1. The average molecular weight is 431 g/mol. The molecule has 0 bridgehead atoms. The first-order valence-electron chi connectivity index (χ1n) is 9.44. The van der Waals surface area contributed by atoms with Crippen molar-refractivity contribution in [2.75, 3.05) is 6.61 Å². The lowest BCUT2D eigenvalue weighted by molar-refractivity contribution is -0.137. The highest BCUT2D eigenvalue weighted by Gasteiger charge is 2.30. The number of benzene rings is 2. The van der Waals surface area contributed by atoms with E-state index in [1.807, 2.05) is 38.1 Å². The Hall–Kier alpha value is -3.55. The Morgan fingerprint density at radius 2 is 1.81 bits per heavy atom. The zero-order chi connectivity index (χ0) is 22.6. The van der Waals surface area contributed by atoms with Crippen molar-refractivity contribution in [3.8, 4) is 11.3 Å². The molecule has 1 amide bonds. The van der Waals surface area contributed by atoms with E-state index >= 15 is 0 Å². The van der Waals surface area contributed by atoms with Crippen LogP contribution in [0, 0.1) is 6.92 Å². The summed E-state index contributed by atoms with van der Waals surface area (Å²) in [5.74, 6) is -1.52. The summed E-state index contributed by atoms with van der Waals surface area (Å²) in [6.45, 7) is 3.22. The van der Waals surface area contributed by atoms with E-state index in [1.54, 1.807) is 0 Å². The highest BCUT2D eigenvalue weighted by atomic mass is 19.4. The van der Waals surface area contributed by atoms with Crippen LogP contribution >= 0.6 is 0 Å². The molecular weight excluding hydrogens is 411 g/mol. The van der Waals surface area contributed by atoms with Crippen LogP contribution < -0.4 is 5.32 Å². The molecule has 0 saturated heterocycles. The van der Waals surface area contributed by atoms with Crippen LogP contribution in [0.3, 0.4) is 0 Å². The molecule has 8 heteroatoms. The fourth-order valence-corrected chi connectivity index (χ4v) is 3.09. The first-order valence-corrected chi connectivity index (χ1v) is 9.44. The number of ether oxygens (including phenoxy) is 1. The number of furan rings is 1. The Kier molecular flexibility index (Phi) is 6.48. The van der Waals surface area contributed by atoms with Gasteiger partial charge in [0.15, 0.2) is 6.61 Å². The number of nitrogens with one attached hydrogen (secondary N) is 1. The molecule has 0 spiro atoms. The molecule has 1 N–H and O–H groups in total. The molecule has 0 aliphatic heterocycles. The van der Waals surface area contributed by atoms with Crippen LogP contribution in [0.5, 0.6) is 0 Å². The molecule has 3 aromatic rings. The number of carbonyl (C=O) groups is 2. The number of hydrogen-bond acceptors (Lipinski definition) is 4. The fourth-order valence-electron chi connectivity index (χ4n) is 3.09. The molecule has 0 fully saturated rings. The predicted molar refractivity (Wildman–Crippen MR) is 107 cm³/mol. The molecule has 3 rings (SSSR count). The van der Waals surface area contributed by atoms with Crippen LogP contribution in [-0.4, -0.2) is 18.5 Å². The number of amides is 1. The molecule has 0 radical (unpaired) electrons. The van der Waals surface area contributed by atoms with Gasteiger partial charge in [0.2, 0.25) is 5.76 Å². The molecule has 1 atom stereocenters. The summed E-state index contributed by atoms with van der Waals surface area (Å²) in [6, 6.07) is 14.5. The van der Waals surface area contributed by atoms with Crippen molar-refractivity contribution in [2.24, 2.45) is 0 Å². The van der Waals surface area contributed by atoms with Gasteiger partial charge >= 0.3 is 12.1 Å². The van der Waals surface area contributed by atoms with Crippen molar-refractivity contribution in [2.45, 2.75) is 26.1 Å². The molecule has 1 aromatic heterocycles. The maximum absolute atomic E-state index is 12.9. The number of esters is 1. The number of halogens is 3. The predicted octanol–water partition coefficient (Wildman–Crippen LogP) is 5.31. The van der Waals surface area contributed by atoms with E-state index in [1.165, 1.54) is 24.3 Å². The Bertz CT molecular complexity index is 1090. The summed E-state index contributed by atoms with van der Waals surface area (Å²) in [6.07, 6.45) is -4.49. The topological polar surface area (TPSA) is 68.5 Å². The van der Waals surface area contributed by atoms with Gasteiger partial charge in [-0.25, -0.2) is 4.79 Å². The minimum absolute atomic E-state index is 0.0793. The van der Waals surface area contributed by atoms with Gasteiger partial charge < -0.3 is 14.5 Å². The van der Waals surface area contributed by atoms with Gasteiger partial charge in [-0.1, -0.05) is 36.4 Å². The Morgan fingerprint density at radius 1 is 1.06 bits per heavy atom. The normalized spacial score (nSPS) is 12.3. The van der Waals surface area contributed by atoms with E-state index in [-0.39, 0.29) is 23.1 Å². The third-order valence-corrected chi connectivity index (χ3v) is 4.65. The number of alkyl halides is 3. The van der Waals surface area contributed by atoms with E-state index in [4.69, 9.17) is 9.15 Å². The van der Waals surface area contributed by atoms with Gasteiger partial charge in [-0.15, -0.1) is 0 Å². The van der Waals surface area contributed by atoms with Crippen molar-refractivity contribution in [1.82, 2.24) is 5.32 Å². The summed E-state index contributed by atoms with van der Waals surface area (Å²) in [5, 5.41) is 2.74. The quantitative estimate of drug-likeness (QED) is 0.537. The van der Waals surface area contributed by atoms with Crippen LogP contribution in [0.15, 0.2) is 65.1 Å². The van der Waals surface area contributed by atoms with Gasteiger partial charge in [0.05, 0.1) is 11.6 Å². The van der Waals surface area contributed by atoms with E-state index in [0.29, 0.717) is 0 Å². The Labute approximate surface area is 176 Å². The van der Waals surface area contributed by atoms with Crippen molar-refractivity contribution >= 4 is 11.9 Å². The van der Waals surface area contributed by atoms with Crippen LogP contribution in [0.1, 0.15) is 40.2 Å². The van der Waals surface area contributed by atoms with Crippen molar-refractivity contribution in [3.63, 3.8) is 0 Å². The molecule has 162 valence electrons. The lowest BCUT2D eigenvalue weighted by Crippen LogP contribution is -2.31. The molecule has 5 nitrogen and oxygen atoms in total. The molecule has 1 unspecified atom stereocenters. The molecule has 2 aromatic carbocycles. The highest BCUT2D eigenvalue weighted by molar-refractivity contribution is 5.89. The maximum Gasteiger partial charge on any atom is 0.416 e. The van der Waals surface area contributed by atoms with Crippen LogP contribution in [-0.2, 0) is 15.7 Å². The van der Waals surface area contributed by atoms with Crippen molar-refractivity contribution in [1.29, 1.82) is 0 Å². The lowest BCUT2D eigenvalue weighted by atomic mass is 10.0. The van der Waals surface area contributed by atoms with E-state index < -0.39 is 30.2 Å². The first kappa shape index (κ1) is 22.1. The zero-order valence-electron chi connectivity index (χ0n) is 16.8. The van der Waals surface area contributed by atoms with Gasteiger partial charge in [0, 0.05) is 5.56 Å². The van der Waals surface area contributed by atoms with Crippen LogP contribution in [0.4, 0.5) is 13.2 Å². The molecule has 1 heterocycles. The minimum atomic E-state index is -4.49. The van der Waals surface area contributed by atoms with Gasteiger partial charge in [0.25, 0.3) is 5.91 Å². The number of rotatable bonds is 6. The number of aryl methyl sites for hydroxylation is 1. The van der Waals surface area contributed by atoms with Gasteiger partial charge in [-0.2, -0.15) is 13.2 Å². The first-order chi connectivity index (χ1) is 14.6. The summed E-state index contributed by atoms with van der Waals surface area (Å²) in [4.78, 5) is 24.3. The summed E-state index contributed by atoms with van der Waals surface area (Å²) < 4.78 is 48.9. The Morgan fingerprint density at radius 3 is 2.52 bits per heavy atom. The van der Waals surface area contributed by atoms with E-state index in [0.717, 1.165) is 23.3 Å². The Balaban J connectivity index is 1.59. The second kappa shape index (κ2) is 9.07. The molecule has 0 saturated carbocycles. The third-order valence-electron chi connectivity index (χ3n) is 4.65. The summed E-state index contributed by atoms with van der Waals surface area (Å²) in [5.41, 5.74) is 1.30. The average Bonchev–Trinajstić information content (AvgIpc) is 3.22. The lowest BCUT2D eigenvalue weighted by Gasteiger charge is -2.16. The molecular formula is C23H20F3NO4. The van der Waals surface area contributed by atoms with Gasteiger partial charge in [0.1, 0.15) is 5.76 Å². The van der Waals surface area contributed by atoms with Gasteiger partial charge in [-0.3, -0.25) is 4.79 Å².